The smallest absolute Gasteiger partial charge is 0.306 e. The summed E-state index contributed by atoms with van der Waals surface area (Å²) in [5.74, 6) is 0.257. The van der Waals surface area contributed by atoms with Crippen LogP contribution in [0.5, 0.6) is 5.75 Å². The summed E-state index contributed by atoms with van der Waals surface area (Å²) < 4.78 is 20.1. The average Bonchev–Trinajstić information content (AvgIpc) is 2.87. The van der Waals surface area contributed by atoms with Crippen molar-refractivity contribution < 1.29 is 19.2 Å². The number of carbonyl (C=O) groups is 1. The highest BCUT2D eigenvalue weighted by Gasteiger charge is 2.25. The third-order valence-electron chi connectivity index (χ3n) is 5.82. The molecule has 10 nitrogen and oxygen atoms in total. The normalized spacial score (nSPS) is 14.7. The molecule has 1 aromatic heterocycles. The summed E-state index contributed by atoms with van der Waals surface area (Å²) in [5.41, 5.74) is 2.93. The third-order valence-corrected chi connectivity index (χ3v) is 6.60. The quantitative estimate of drug-likeness (QED) is 0.290. The molecule has 1 unspecified atom stereocenters. The van der Waals surface area contributed by atoms with Crippen molar-refractivity contribution in [1.29, 1.82) is 0 Å². The lowest BCUT2D eigenvalue weighted by atomic mass is 9.97. The SMILES string of the molecule is COc1cc(N2CCC(C(=O)O)CC2)ccc1Nc1ncc(Cl)c(Nc2ccccc2N[S+](C)[O-])n1. The number of ether oxygens (including phenoxy) is 1. The molecular formula is C24H27ClN6O4S. The highest BCUT2D eigenvalue weighted by atomic mass is 35.5. The number of aromatic nitrogens is 2. The molecule has 2 aromatic carbocycles. The number of hydrogen-bond donors (Lipinski definition) is 4. The Morgan fingerprint density at radius 3 is 2.56 bits per heavy atom. The van der Waals surface area contributed by atoms with Crippen LogP contribution in [-0.2, 0) is 16.2 Å². The van der Waals surface area contributed by atoms with E-state index in [0.717, 1.165) is 5.69 Å². The van der Waals surface area contributed by atoms with Crippen LogP contribution >= 0.6 is 11.6 Å². The van der Waals surface area contributed by atoms with Crippen LogP contribution in [0, 0.1) is 5.92 Å². The Kier molecular flexibility index (Phi) is 8.24. The Labute approximate surface area is 217 Å². The molecular weight excluding hydrogens is 504 g/mol. The van der Waals surface area contributed by atoms with Gasteiger partial charge in [0, 0.05) is 24.8 Å². The Morgan fingerprint density at radius 1 is 1.17 bits per heavy atom. The van der Waals surface area contributed by atoms with Crippen molar-refractivity contribution >= 4 is 63.4 Å². The molecule has 0 amide bonds. The minimum atomic E-state index is -1.24. The van der Waals surface area contributed by atoms with Gasteiger partial charge in [0.2, 0.25) is 5.95 Å². The fraction of sp³-hybridized carbons (Fsp3) is 0.292. The van der Waals surface area contributed by atoms with Gasteiger partial charge in [-0.05, 0) is 37.1 Å². The van der Waals surface area contributed by atoms with Crippen molar-refractivity contribution in [2.45, 2.75) is 12.8 Å². The molecule has 3 aromatic rings. The third kappa shape index (κ3) is 6.23. The maximum Gasteiger partial charge on any atom is 0.306 e. The predicted molar refractivity (Wildman–Crippen MR) is 143 cm³/mol. The molecule has 0 aliphatic carbocycles. The number of halogens is 1. The van der Waals surface area contributed by atoms with E-state index in [1.807, 2.05) is 36.4 Å². The van der Waals surface area contributed by atoms with Gasteiger partial charge in [0.25, 0.3) is 0 Å². The minimum Gasteiger partial charge on any atom is -0.593 e. The lowest BCUT2D eigenvalue weighted by Gasteiger charge is -2.32. The van der Waals surface area contributed by atoms with E-state index >= 15 is 0 Å². The molecule has 0 bridgehead atoms. The molecule has 2 heterocycles. The van der Waals surface area contributed by atoms with Crippen molar-refractivity contribution in [3.8, 4) is 5.75 Å². The van der Waals surface area contributed by atoms with E-state index in [4.69, 9.17) is 16.3 Å². The van der Waals surface area contributed by atoms with Gasteiger partial charge in [0.15, 0.2) is 5.82 Å². The molecule has 0 radical (unpaired) electrons. The predicted octanol–water partition coefficient (Wildman–Crippen LogP) is 4.63. The second-order valence-corrected chi connectivity index (χ2v) is 9.75. The van der Waals surface area contributed by atoms with E-state index in [0.29, 0.717) is 65.5 Å². The minimum absolute atomic E-state index is 0.291. The first-order valence-electron chi connectivity index (χ1n) is 11.3. The number of rotatable bonds is 9. The largest absolute Gasteiger partial charge is 0.593 e. The summed E-state index contributed by atoms with van der Waals surface area (Å²) in [4.78, 5) is 22.2. The lowest BCUT2D eigenvalue weighted by molar-refractivity contribution is -0.142. The number of aliphatic carboxylic acids is 1. The van der Waals surface area contributed by atoms with E-state index in [1.54, 1.807) is 19.4 Å². The van der Waals surface area contributed by atoms with Gasteiger partial charge in [-0.25, -0.2) is 9.71 Å². The molecule has 12 heteroatoms. The first-order valence-corrected chi connectivity index (χ1v) is 13.2. The molecule has 4 N–H and O–H groups in total. The Morgan fingerprint density at radius 2 is 1.89 bits per heavy atom. The number of piperidine rings is 1. The van der Waals surface area contributed by atoms with Gasteiger partial charge < -0.3 is 29.9 Å². The number of para-hydroxylation sites is 2. The number of methoxy groups -OCH3 is 1. The second kappa shape index (κ2) is 11.5. The van der Waals surface area contributed by atoms with Gasteiger partial charge in [-0.15, -0.1) is 0 Å². The van der Waals surface area contributed by atoms with E-state index in [-0.39, 0.29) is 5.92 Å². The van der Waals surface area contributed by atoms with Gasteiger partial charge in [0.05, 0.1) is 42.0 Å². The van der Waals surface area contributed by atoms with Crippen LogP contribution in [0.15, 0.2) is 48.7 Å². The first-order chi connectivity index (χ1) is 17.3. The van der Waals surface area contributed by atoms with Crippen LogP contribution in [0.2, 0.25) is 5.02 Å². The zero-order valence-electron chi connectivity index (χ0n) is 19.8. The second-order valence-electron chi connectivity index (χ2n) is 8.23. The van der Waals surface area contributed by atoms with Crippen molar-refractivity contribution in [2.75, 3.05) is 46.7 Å². The number of nitrogens with zero attached hydrogens (tertiary/aromatic N) is 3. The molecule has 1 saturated heterocycles. The van der Waals surface area contributed by atoms with E-state index < -0.39 is 17.3 Å². The van der Waals surface area contributed by atoms with Crippen LogP contribution in [0.25, 0.3) is 0 Å². The van der Waals surface area contributed by atoms with Crippen LogP contribution in [0.4, 0.5) is 34.5 Å². The number of carboxylic acid groups (broad SMARTS) is 1. The van der Waals surface area contributed by atoms with Gasteiger partial charge in [0.1, 0.15) is 22.7 Å². The van der Waals surface area contributed by atoms with Crippen molar-refractivity contribution in [2.24, 2.45) is 5.92 Å². The number of hydrogen-bond acceptors (Lipinski definition) is 9. The molecule has 0 spiro atoms. The molecule has 1 atom stereocenters. The van der Waals surface area contributed by atoms with Gasteiger partial charge in [-0.2, -0.15) is 4.98 Å². The molecule has 4 rings (SSSR count). The number of carboxylic acids is 1. The summed E-state index contributed by atoms with van der Waals surface area (Å²) in [7, 11) is 1.58. The first kappa shape index (κ1) is 25.7. The van der Waals surface area contributed by atoms with E-state index in [2.05, 4.69) is 30.2 Å². The van der Waals surface area contributed by atoms with E-state index in [1.165, 1.54) is 6.20 Å². The zero-order valence-corrected chi connectivity index (χ0v) is 21.4. The number of nitrogens with one attached hydrogen (secondary N) is 3. The molecule has 1 aliphatic heterocycles. The molecule has 1 aliphatic rings. The average molecular weight is 531 g/mol. The molecule has 36 heavy (non-hydrogen) atoms. The van der Waals surface area contributed by atoms with Gasteiger partial charge >= 0.3 is 5.97 Å². The fourth-order valence-electron chi connectivity index (χ4n) is 3.96. The number of anilines is 6. The summed E-state index contributed by atoms with van der Waals surface area (Å²) in [5, 5.41) is 15.9. The molecule has 1 fully saturated rings. The van der Waals surface area contributed by atoms with Crippen LogP contribution in [0.3, 0.4) is 0 Å². The summed E-state index contributed by atoms with van der Waals surface area (Å²) >= 11 is 5.10. The van der Waals surface area contributed by atoms with Gasteiger partial charge in [-0.1, -0.05) is 23.7 Å². The monoisotopic (exact) mass is 530 g/mol. The van der Waals surface area contributed by atoms with E-state index in [9.17, 15) is 14.5 Å². The van der Waals surface area contributed by atoms with Crippen LogP contribution in [-0.4, -0.2) is 52.1 Å². The summed E-state index contributed by atoms with van der Waals surface area (Å²) in [6.07, 6.45) is 4.26. The summed E-state index contributed by atoms with van der Waals surface area (Å²) in [6.45, 7) is 1.34. The lowest BCUT2D eigenvalue weighted by Crippen LogP contribution is -2.36. The highest BCUT2D eigenvalue weighted by Crippen LogP contribution is 2.34. The van der Waals surface area contributed by atoms with Gasteiger partial charge in [-0.3, -0.25) is 4.79 Å². The van der Waals surface area contributed by atoms with Crippen molar-refractivity contribution in [3.63, 3.8) is 0 Å². The molecule has 0 saturated carbocycles. The maximum absolute atomic E-state index is 11.6. The van der Waals surface area contributed by atoms with Crippen molar-refractivity contribution in [3.05, 3.63) is 53.7 Å². The topological polar surface area (TPSA) is 135 Å². The standard InChI is InChI=1S/C24H27ClN6O4S/c1-35-21-13-16(31-11-9-15(10-12-31)23(32)33)7-8-20(21)28-24-26-14-17(25)22(29-24)27-18-5-3-4-6-19(18)30-36(2)34/h3-8,13-15,30H,9-12H2,1-2H3,(H,32,33)(H2,26,27,28,29). The van der Waals surface area contributed by atoms with Crippen molar-refractivity contribution in [1.82, 2.24) is 9.97 Å². The number of benzene rings is 2. The summed E-state index contributed by atoms with van der Waals surface area (Å²) in [6, 6.07) is 13.0. The Hall–Kier alpha value is -3.41. The molecule has 190 valence electrons. The van der Waals surface area contributed by atoms with Crippen LogP contribution < -0.4 is 25.0 Å². The zero-order chi connectivity index (χ0) is 25.7. The fourth-order valence-corrected chi connectivity index (χ4v) is 4.59. The Bertz CT molecular complexity index is 1220. The van der Waals surface area contributed by atoms with Crippen LogP contribution in [0.1, 0.15) is 12.8 Å². The highest BCUT2D eigenvalue weighted by molar-refractivity contribution is 7.92. The maximum atomic E-state index is 11.6. The Balaban J connectivity index is 1.51.